The third-order valence-corrected chi connectivity index (χ3v) is 9.04. The summed E-state index contributed by atoms with van der Waals surface area (Å²) in [6.07, 6.45) is -2.08. The normalized spacial score (nSPS) is 15.5. The zero-order valence-electron chi connectivity index (χ0n) is 28.4. The van der Waals surface area contributed by atoms with E-state index < -0.39 is 59.4 Å². The number of alkyl halides is 3. The molecule has 0 unspecified atom stereocenters. The smallest absolute Gasteiger partial charge is 0.411 e. The van der Waals surface area contributed by atoms with Gasteiger partial charge in [-0.25, -0.2) is 23.5 Å². The Hall–Kier alpha value is -5.84. The molecule has 5 aromatic rings. The van der Waals surface area contributed by atoms with Gasteiger partial charge in [0.2, 0.25) is 0 Å². The predicted octanol–water partition coefficient (Wildman–Crippen LogP) is 3.34. The first-order chi connectivity index (χ1) is 24.6. The monoisotopic (exact) mass is 723 g/mol. The van der Waals surface area contributed by atoms with E-state index in [1.54, 1.807) is 37.2 Å². The summed E-state index contributed by atoms with van der Waals surface area (Å²) in [4.78, 5) is 64.5. The van der Waals surface area contributed by atoms with Crippen molar-refractivity contribution in [2.24, 2.45) is 7.05 Å². The number of aliphatic carboxylic acids is 1. The fourth-order valence-electron chi connectivity index (χ4n) is 6.38. The standard InChI is InChI=1S/C35H33F4N7O6/c1-18-12-20(45-10-11-52-17-27(45)35(37,38)39)14-23(36)29(18)31(47)42-24(33(49)50)13-19-7-8-25(30-21(19)6-5-9-40-30)46-32(48)22-15-28(43(2)3)41-16-26(22)44(4)34(46)51/h5-9,12,14-16,24,27H,10-11,13,17H2,1-4H3,(H,42,47)(H,49,50)/t24-,27+/m0/s1. The molecular weight excluding hydrogens is 690 g/mol. The molecule has 0 spiro atoms. The van der Waals surface area contributed by atoms with Crippen LogP contribution in [0.4, 0.5) is 29.1 Å². The van der Waals surface area contributed by atoms with Gasteiger partial charge in [-0.3, -0.25) is 19.1 Å². The molecule has 1 aliphatic rings. The number of aromatic nitrogens is 4. The average Bonchev–Trinajstić information content (AvgIpc) is 3.10. The molecule has 2 aromatic carbocycles. The molecule has 0 saturated carbocycles. The number of benzene rings is 2. The molecule has 2 N–H and O–H groups in total. The first-order valence-electron chi connectivity index (χ1n) is 16.0. The number of nitrogens with zero attached hydrogens (tertiary/aromatic N) is 6. The van der Waals surface area contributed by atoms with Crippen molar-refractivity contribution in [3.63, 3.8) is 0 Å². The van der Waals surface area contributed by atoms with Crippen LogP contribution in [-0.2, 0) is 23.0 Å². The maximum absolute atomic E-state index is 15.5. The summed E-state index contributed by atoms with van der Waals surface area (Å²) in [5.41, 5.74) is -0.873. The minimum Gasteiger partial charge on any atom is -0.480 e. The topological polar surface area (TPSA) is 152 Å². The first-order valence-corrected chi connectivity index (χ1v) is 16.0. The second-order valence-corrected chi connectivity index (χ2v) is 12.6. The van der Waals surface area contributed by atoms with Crippen molar-refractivity contribution in [2.45, 2.75) is 31.6 Å². The number of hydrogen-bond acceptors (Lipinski definition) is 9. The minimum atomic E-state index is -4.65. The molecule has 0 bridgehead atoms. The van der Waals surface area contributed by atoms with Gasteiger partial charge in [0.25, 0.3) is 11.5 Å². The number of rotatable bonds is 8. The van der Waals surface area contributed by atoms with E-state index in [4.69, 9.17) is 4.74 Å². The lowest BCUT2D eigenvalue weighted by Crippen LogP contribution is -2.53. The molecule has 17 heteroatoms. The van der Waals surface area contributed by atoms with Crippen LogP contribution in [0, 0.1) is 12.7 Å². The highest BCUT2D eigenvalue weighted by Crippen LogP contribution is 2.33. The van der Waals surface area contributed by atoms with E-state index >= 15 is 4.39 Å². The Morgan fingerprint density at radius 2 is 1.87 bits per heavy atom. The lowest BCUT2D eigenvalue weighted by atomic mass is 9.99. The van der Waals surface area contributed by atoms with Gasteiger partial charge in [0, 0.05) is 51.4 Å². The van der Waals surface area contributed by atoms with Crippen LogP contribution in [-0.4, -0.2) is 88.2 Å². The van der Waals surface area contributed by atoms with E-state index in [-0.39, 0.29) is 47.4 Å². The van der Waals surface area contributed by atoms with Gasteiger partial charge in [0.1, 0.15) is 23.7 Å². The van der Waals surface area contributed by atoms with Gasteiger partial charge in [0.15, 0.2) is 0 Å². The number of morpholine rings is 1. The number of aryl methyl sites for hydroxylation is 2. The molecule has 13 nitrogen and oxygen atoms in total. The largest absolute Gasteiger partial charge is 0.480 e. The van der Waals surface area contributed by atoms with Crippen molar-refractivity contribution in [2.75, 3.05) is 43.7 Å². The van der Waals surface area contributed by atoms with Gasteiger partial charge < -0.3 is 25.0 Å². The molecule has 272 valence electrons. The molecule has 1 saturated heterocycles. The number of carboxylic acids is 1. The third kappa shape index (κ3) is 6.54. The van der Waals surface area contributed by atoms with E-state index in [2.05, 4.69) is 15.3 Å². The summed E-state index contributed by atoms with van der Waals surface area (Å²) < 4.78 is 63.7. The van der Waals surface area contributed by atoms with E-state index in [1.807, 2.05) is 0 Å². The number of carbonyl (C=O) groups is 2. The SMILES string of the molecule is Cc1cc(N2CCOC[C@@H]2C(F)(F)F)cc(F)c1C(=O)N[C@@H](Cc1ccc(-n2c(=O)c3cc(N(C)C)ncc3n(C)c2=O)c2ncccc12)C(=O)O. The molecule has 3 aromatic heterocycles. The molecule has 1 fully saturated rings. The highest BCUT2D eigenvalue weighted by molar-refractivity contribution is 5.99. The van der Waals surface area contributed by atoms with E-state index in [9.17, 15) is 37.5 Å². The van der Waals surface area contributed by atoms with Crippen molar-refractivity contribution in [1.82, 2.24) is 24.4 Å². The summed E-state index contributed by atoms with van der Waals surface area (Å²) in [6, 6.07) is 6.19. The minimum absolute atomic E-state index is 0.000973. The zero-order chi connectivity index (χ0) is 37.6. The number of halogens is 4. The summed E-state index contributed by atoms with van der Waals surface area (Å²) >= 11 is 0. The van der Waals surface area contributed by atoms with Crippen LogP contribution >= 0.6 is 0 Å². The third-order valence-electron chi connectivity index (χ3n) is 9.04. The number of ether oxygens (including phenoxy) is 1. The number of carboxylic acid groups (broad SMARTS) is 1. The van der Waals surface area contributed by atoms with Crippen LogP contribution in [0.25, 0.3) is 27.5 Å². The number of carbonyl (C=O) groups excluding carboxylic acids is 1. The molecule has 1 amide bonds. The van der Waals surface area contributed by atoms with Gasteiger partial charge in [-0.05, 0) is 48.4 Å². The first kappa shape index (κ1) is 36.0. The van der Waals surface area contributed by atoms with Crippen molar-refractivity contribution >= 4 is 45.2 Å². The van der Waals surface area contributed by atoms with E-state index in [0.29, 0.717) is 22.3 Å². The maximum atomic E-state index is 15.5. The molecule has 52 heavy (non-hydrogen) atoms. The fourth-order valence-corrected chi connectivity index (χ4v) is 6.38. The molecule has 0 radical (unpaired) electrons. The Morgan fingerprint density at radius 1 is 1.12 bits per heavy atom. The highest BCUT2D eigenvalue weighted by Gasteiger charge is 2.45. The Balaban J connectivity index is 1.34. The molecule has 2 atom stereocenters. The van der Waals surface area contributed by atoms with E-state index in [0.717, 1.165) is 15.5 Å². The molecule has 6 rings (SSSR count). The number of pyridine rings is 2. The number of fused-ring (bicyclic) bond motifs is 2. The summed E-state index contributed by atoms with van der Waals surface area (Å²) in [6.45, 7) is 0.542. The molecule has 4 heterocycles. The van der Waals surface area contributed by atoms with Crippen LogP contribution in [0.2, 0.25) is 0 Å². The maximum Gasteiger partial charge on any atom is 0.411 e. The second-order valence-electron chi connectivity index (χ2n) is 12.6. The van der Waals surface area contributed by atoms with E-state index in [1.165, 1.54) is 49.1 Å². The lowest BCUT2D eigenvalue weighted by molar-refractivity contribution is -0.167. The van der Waals surface area contributed by atoms with Gasteiger partial charge in [-0.1, -0.05) is 12.1 Å². The molecule has 0 aliphatic carbocycles. The van der Waals surface area contributed by atoms with Crippen LogP contribution < -0.4 is 26.4 Å². The Labute approximate surface area is 292 Å². The summed E-state index contributed by atoms with van der Waals surface area (Å²) in [5, 5.41) is 13.1. The predicted molar refractivity (Wildman–Crippen MR) is 184 cm³/mol. The van der Waals surface area contributed by atoms with Crippen LogP contribution in [0.3, 0.4) is 0 Å². The lowest BCUT2D eigenvalue weighted by Gasteiger charge is -2.38. The van der Waals surface area contributed by atoms with Crippen molar-refractivity contribution in [3.05, 3.63) is 98.2 Å². The Kier molecular flexibility index (Phi) is 9.48. The highest BCUT2D eigenvalue weighted by atomic mass is 19.4. The Morgan fingerprint density at radius 3 is 2.54 bits per heavy atom. The number of nitrogens with one attached hydrogen (secondary N) is 1. The van der Waals surface area contributed by atoms with Crippen molar-refractivity contribution in [3.8, 4) is 5.69 Å². The molecule has 1 aliphatic heterocycles. The van der Waals surface area contributed by atoms with Gasteiger partial charge >= 0.3 is 17.8 Å². The van der Waals surface area contributed by atoms with Gasteiger partial charge in [0.05, 0.1) is 47.1 Å². The quantitative estimate of drug-likeness (QED) is 0.228. The second kappa shape index (κ2) is 13.7. The summed E-state index contributed by atoms with van der Waals surface area (Å²) in [7, 11) is 5.02. The fraction of sp³-hybridized carbons (Fsp3) is 0.314. The molecular formula is C35H33F4N7O6. The number of hydrogen-bond donors (Lipinski definition) is 2. The Bertz CT molecular complexity index is 2330. The van der Waals surface area contributed by atoms with Crippen LogP contribution in [0.1, 0.15) is 21.5 Å². The van der Waals surface area contributed by atoms with Gasteiger partial charge in [-0.2, -0.15) is 13.2 Å². The number of amides is 1. The average molecular weight is 724 g/mol. The number of anilines is 2. The van der Waals surface area contributed by atoms with Crippen LogP contribution in [0.15, 0.2) is 64.4 Å². The zero-order valence-corrected chi connectivity index (χ0v) is 28.4. The van der Waals surface area contributed by atoms with Crippen molar-refractivity contribution < 1.29 is 37.0 Å². The van der Waals surface area contributed by atoms with Gasteiger partial charge in [-0.15, -0.1) is 0 Å². The van der Waals surface area contributed by atoms with Crippen LogP contribution in [0.5, 0.6) is 0 Å². The van der Waals surface area contributed by atoms with Crippen molar-refractivity contribution in [1.29, 1.82) is 0 Å². The summed E-state index contributed by atoms with van der Waals surface area (Å²) in [5.74, 6) is -3.16.